The van der Waals surface area contributed by atoms with Gasteiger partial charge in [-0.2, -0.15) is 0 Å². The number of carbonyl (C=O) groups is 1. The van der Waals surface area contributed by atoms with Crippen LogP contribution in [-0.4, -0.2) is 36.2 Å². The lowest BCUT2D eigenvalue weighted by Gasteiger charge is -2.29. The van der Waals surface area contributed by atoms with E-state index in [4.69, 9.17) is 10.5 Å². The van der Waals surface area contributed by atoms with Crippen LogP contribution in [0.3, 0.4) is 0 Å². The minimum absolute atomic E-state index is 0.0600. The fourth-order valence-corrected chi connectivity index (χ4v) is 1.08. The second-order valence-corrected chi connectivity index (χ2v) is 4.39. The molecular weight excluding hydrogens is 180 g/mol. The first-order valence-electron chi connectivity index (χ1n) is 4.97. The molecular formula is C10H22N2O2. The standard InChI is InChI=1S/C10H22N2O2/c1-6-8(7-11)12(5)9(13)14-10(2,3)4/h8H,6-7,11H2,1-5H3. The van der Waals surface area contributed by atoms with Crippen LogP contribution in [0.5, 0.6) is 0 Å². The number of nitrogens with two attached hydrogens (primary N) is 1. The quantitative estimate of drug-likeness (QED) is 0.756. The third-order valence-electron chi connectivity index (χ3n) is 1.97. The highest BCUT2D eigenvalue weighted by Crippen LogP contribution is 2.11. The molecule has 1 atom stereocenters. The Kier molecular flexibility index (Phi) is 4.91. The summed E-state index contributed by atoms with van der Waals surface area (Å²) >= 11 is 0. The molecule has 0 aromatic heterocycles. The summed E-state index contributed by atoms with van der Waals surface area (Å²) in [6.07, 6.45) is 0.529. The highest BCUT2D eigenvalue weighted by molar-refractivity contribution is 5.68. The van der Waals surface area contributed by atoms with E-state index in [0.717, 1.165) is 6.42 Å². The number of carbonyl (C=O) groups excluding carboxylic acids is 1. The van der Waals surface area contributed by atoms with Crippen LogP contribution < -0.4 is 5.73 Å². The van der Waals surface area contributed by atoms with Gasteiger partial charge in [0.05, 0.1) is 0 Å². The summed E-state index contributed by atoms with van der Waals surface area (Å²) in [5.41, 5.74) is 5.09. The predicted octanol–water partition coefficient (Wildman–Crippen LogP) is 1.59. The number of rotatable bonds is 3. The van der Waals surface area contributed by atoms with Gasteiger partial charge >= 0.3 is 6.09 Å². The van der Waals surface area contributed by atoms with Gasteiger partial charge in [0.15, 0.2) is 0 Å². The molecule has 14 heavy (non-hydrogen) atoms. The average molecular weight is 202 g/mol. The van der Waals surface area contributed by atoms with E-state index in [2.05, 4.69) is 0 Å². The van der Waals surface area contributed by atoms with Gasteiger partial charge in [0.1, 0.15) is 5.60 Å². The smallest absolute Gasteiger partial charge is 0.410 e. The Morgan fingerprint density at radius 1 is 1.50 bits per heavy atom. The number of amides is 1. The maximum atomic E-state index is 11.6. The molecule has 2 N–H and O–H groups in total. The summed E-state index contributed by atoms with van der Waals surface area (Å²) in [6.45, 7) is 8.01. The zero-order valence-electron chi connectivity index (χ0n) is 9.83. The summed E-state index contributed by atoms with van der Waals surface area (Å²) in [5.74, 6) is 0. The summed E-state index contributed by atoms with van der Waals surface area (Å²) < 4.78 is 5.22. The number of hydrogen-bond acceptors (Lipinski definition) is 3. The molecule has 1 amide bonds. The van der Waals surface area contributed by atoms with Gasteiger partial charge in [0.25, 0.3) is 0 Å². The first-order valence-corrected chi connectivity index (χ1v) is 4.97. The molecule has 0 radical (unpaired) electrons. The second-order valence-electron chi connectivity index (χ2n) is 4.39. The number of nitrogens with zero attached hydrogens (tertiary/aromatic N) is 1. The third kappa shape index (κ3) is 4.46. The van der Waals surface area contributed by atoms with Crippen molar-refractivity contribution in [2.75, 3.05) is 13.6 Å². The zero-order valence-corrected chi connectivity index (χ0v) is 9.83. The van der Waals surface area contributed by atoms with Gasteiger partial charge in [0, 0.05) is 19.6 Å². The molecule has 0 heterocycles. The van der Waals surface area contributed by atoms with E-state index in [9.17, 15) is 4.79 Å². The molecule has 1 unspecified atom stereocenters. The predicted molar refractivity (Wildman–Crippen MR) is 57.1 cm³/mol. The van der Waals surface area contributed by atoms with Crippen LogP contribution in [0.25, 0.3) is 0 Å². The molecule has 0 aliphatic carbocycles. The molecule has 0 fully saturated rings. The number of hydrogen-bond donors (Lipinski definition) is 1. The first kappa shape index (κ1) is 13.2. The Labute approximate surface area is 86.4 Å². The Morgan fingerprint density at radius 3 is 2.29 bits per heavy atom. The molecule has 84 valence electrons. The molecule has 0 aliphatic rings. The van der Waals surface area contributed by atoms with Gasteiger partial charge in [-0.25, -0.2) is 4.79 Å². The van der Waals surface area contributed by atoms with E-state index in [1.54, 1.807) is 11.9 Å². The molecule has 0 aliphatic heterocycles. The largest absolute Gasteiger partial charge is 0.444 e. The van der Waals surface area contributed by atoms with Crippen LogP contribution in [0, 0.1) is 0 Å². The van der Waals surface area contributed by atoms with E-state index in [-0.39, 0.29) is 12.1 Å². The lowest BCUT2D eigenvalue weighted by Crippen LogP contribution is -2.43. The maximum Gasteiger partial charge on any atom is 0.410 e. The van der Waals surface area contributed by atoms with Crippen molar-refractivity contribution in [3.63, 3.8) is 0 Å². The van der Waals surface area contributed by atoms with Crippen LogP contribution in [0.1, 0.15) is 34.1 Å². The molecule has 0 spiro atoms. The fourth-order valence-electron chi connectivity index (χ4n) is 1.08. The Morgan fingerprint density at radius 2 is 2.00 bits per heavy atom. The van der Waals surface area contributed by atoms with Crippen molar-refractivity contribution >= 4 is 6.09 Å². The Hall–Kier alpha value is -0.770. The van der Waals surface area contributed by atoms with Gasteiger partial charge < -0.3 is 15.4 Å². The highest BCUT2D eigenvalue weighted by Gasteiger charge is 2.23. The normalized spacial score (nSPS) is 13.6. The first-order chi connectivity index (χ1) is 6.31. The van der Waals surface area contributed by atoms with E-state index >= 15 is 0 Å². The lowest BCUT2D eigenvalue weighted by atomic mass is 10.2. The van der Waals surface area contributed by atoms with E-state index in [1.807, 2.05) is 27.7 Å². The molecule has 0 aromatic rings. The van der Waals surface area contributed by atoms with Crippen LogP contribution in [0.15, 0.2) is 0 Å². The van der Waals surface area contributed by atoms with Crippen molar-refractivity contribution in [1.82, 2.24) is 4.90 Å². The van der Waals surface area contributed by atoms with Crippen LogP contribution >= 0.6 is 0 Å². The van der Waals surface area contributed by atoms with Crippen molar-refractivity contribution in [3.8, 4) is 0 Å². The van der Waals surface area contributed by atoms with E-state index in [1.165, 1.54) is 0 Å². The monoisotopic (exact) mass is 202 g/mol. The van der Waals surface area contributed by atoms with Crippen molar-refractivity contribution in [2.45, 2.75) is 45.8 Å². The Balaban J connectivity index is 4.24. The molecule has 0 saturated carbocycles. The minimum Gasteiger partial charge on any atom is -0.444 e. The molecule has 4 heteroatoms. The van der Waals surface area contributed by atoms with Gasteiger partial charge in [-0.05, 0) is 27.2 Å². The maximum absolute atomic E-state index is 11.6. The number of ether oxygens (including phenoxy) is 1. The SMILES string of the molecule is CCC(CN)N(C)C(=O)OC(C)(C)C. The Bertz CT molecular complexity index is 183. The lowest BCUT2D eigenvalue weighted by molar-refractivity contribution is 0.0225. The second kappa shape index (κ2) is 5.20. The fraction of sp³-hybridized carbons (Fsp3) is 0.900. The van der Waals surface area contributed by atoms with Crippen LogP contribution in [0.2, 0.25) is 0 Å². The minimum atomic E-state index is -0.446. The van der Waals surface area contributed by atoms with Crippen molar-refractivity contribution in [3.05, 3.63) is 0 Å². The molecule has 0 rings (SSSR count). The summed E-state index contributed by atoms with van der Waals surface area (Å²) in [7, 11) is 1.72. The summed E-state index contributed by atoms with van der Waals surface area (Å²) in [6, 6.07) is 0.0600. The van der Waals surface area contributed by atoms with Gasteiger partial charge in [-0.15, -0.1) is 0 Å². The van der Waals surface area contributed by atoms with Crippen molar-refractivity contribution < 1.29 is 9.53 Å². The summed E-state index contributed by atoms with van der Waals surface area (Å²) in [4.78, 5) is 13.1. The van der Waals surface area contributed by atoms with Crippen molar-refractivity contribution in [1.29, 1.82) is 0 Å². The topological polar surface area (TPSA) is 55.6 Å². The van der Waals surface area contributed by atoms with Crippen molar-refractivity contribution in [2.24, 2.45) is 5.73 Å². The van der Waals surface area contributed by atoms with E-state index < -0.39 is 5.60 Å². The van der Waals surface area contributed by atoms with Gasteiger partial charge in [0.2, 0.25) is 0 Å². The summed E-state index contributed by atoms with van der Waals surface area (Å²) in [5, 5.41) is 0. The molecule has 4 nitrogen and oxygen atoms in total. The molecule has 0 saturated heterocycles. The third-order valence-corrected chi connectivity index (χ3v) is 1.97. The molecule has 0 aromatic carbocycles. The van der Waals surface area contributed by atoms with Gasteiger partial charge in [-0.1, -0.05) is 6.92 Å². The highest BCUT2D eigenvalue weighted by atomic mass is 16.6. The zero-order chi connectivity index (χ0) is 11.4. The van der Waals surface area contributed by atoms with Crippen LogP contribution in [0.4, 0.5) is 4.79 Å². The van der Waals surface area contributed by atoms with Gasteiger partial charge in [-0.3, -0.25) is 0 Å². The average Bonchev–Trinajstić information content (AvgIpc) is 2.03. The van der Waals surface area contributed by atoms with E-state index in [0.29, 0.717) is 6.54 Å². The van der Waals surface area contributed by atoms with Crippen LogP contribution in [-0.2, 0) is 4.74 Å². The number of likely N-dealkylation sites (N-methyl/N-ethyl adjacent to an activating group) is 1. The molecule has 0 bridgehead atoms.